The second-order valence-corrected chi connectivity index (χ2v) is 5.31. The molecule has 0 bridgehead atoms. The van der Waals surface area contributed by atoms with Crippen LogP contribution in [0.25, 0.3) is 10.8 Å². The lowest BCUT2D eigenvalue weighted by Gasteiger charge is -2.11. The highest BCUT2D eigenvalue weighted by Crippen LogP contribution is 2.28. The van der Waals surface area contributed by atoms with Crippen LogP contribution in [0.5, 0.6) is 0 Å². The Kier molecular flexibility index (Phi) is 4.88. The number of hydrogen-bond acceptors (Lipinski definition) is 7. The molecule has 0 fully saturated rings. The third kappa shape index (κ3) is 3.36. The van der Waals surface area contributed by atoms with Crippen LogP contribution in [0.3, 0.4) is 0 Å². The Morgan fingerprint density at radius 3 is 2.62 bits per heavy atom. The molecule has 0 atom stereocenters. The van der Waals surface area contributed by atoms with Crippen LogP contribution in [0.15, 0.2) is 48.8 Å². The van der Waals surface area contributed by atoms with E-state index in [0.29, 0.717) is 12.1 Å². The van der Waals surface area contributed by atoms with Crippen LogP contribution < -0.4 is 16.2 Å². The topological polar surface area (TPSA) is 122 Å². The predicted octanol–water partition coefficient (Wildman–Crippen LogP) is 2.73. The van der Waals surface area contributed by atoms with Crippen LogP contribution in [0.2, 0.25) is 0 Å². The summed E-state index contributed by atoms with van der Waals surface area (Å²) in [5.74, 6) is -0.455. The molecule has 0 aliphatic carbocycles. The molecule has 132 valence electrons. The largest absolute Gasteiger partial charge is 0.364 e. The average molecular weight is 352 g/mol. The van der Waals surface area contributed by atoms with Crippen LogP contribution in [-0.4, -0.2) is 27.3 Å². The van der Waals surface area contributed by atoms with Crippen LogP contribution in [0, 0.1) is 10.1 Å². The Labute approximate surface area is 148 Å². The third-order valence-electron chi connectivity index (χ3n) is 3.68. The summed E-state index contributed by atoms with van der Waals surface area (Å²) in [6, 6.07) is 12.8. The number of benzene rings is 2. The zero-order valence-corrected chi connectivity index (χ0v) is 13.9. The lowest BCUT2D eigenvalue weighted by atomic mass is 10.0. The van der Waals surface area contributed by atoms with Gasteiger partial charge in [-0.2, -0.15) is 0 Å². The van der Waals surface area contributed by atoms with Gasteiger partial charge in [-0.15, -0.1) is 0 Å². The smallest absolute Gasteiger partial charge is 0.354 e. The van der Waals surface area contributed by atoms with Gasteiger partial charge in [0.15, 0.2) is 0 Å². The summed E-state index contributed by atoms with van der Waals surface area (Å²) < 4.78 is 0. The van der Waals surface area contributed by atoms with Crippen molar-refractivity contribution in [2.45, 2.75) is 6.92 Å². The molecule has 0 saturated heterocycles. The fourth-order valence-electron chi connectivity index (χ4n) is 2.55. The maximum atomic E-state index is 12.5. The quantitative estimate of drug-likeness (QED) is 0.460. The predicted molar refractivity (Wildman–Crippen MR) is 97.9 cm³/mol. The number of rotatable bonds is 6. The minimum Gasteiger partial charge on any atom is -0.364 e. The number of carbonyl (C=O) groups is 1. The van der Waals surface area contributed by atoms with Gasteiger partial charge in [-0.3, -0.25) is 25.8 Å². The van der Waals surface area contributed by atoms with Crippen LogP contribution in [0.4, 0.5) is 17.3 Å². The summed E-state index contributed by atoms with van der Waals surface area (Å²) in [4.78, 5) is 31.0. The second-order valence-electron chi connectivity index (χ2n) is 5.31. The maximum Gasteiger partial charge on any atom is 0.354 e. The highest BCUT2D eigenvalue weighted by Gasteiger charge is 2.23. The highest BCUT2D eigenvalue weighted by molar-refractivity contribution is 6.07. The zero-order chi connectivity index (χ0) is 18.5. The van der Waals surface area contributed by atoms with E-state index in [4.69, 9.17) is 0 Å². The van der Waals surface area contributed by atoms with Gasteiger partial charge in [0, 0.05) is 12.1 Å². The van der Waals surface area contributed by atoms with Gasteiger partial charge in [0.25, 0.3) is 5.91 Å². The fraction of sp³-hybridized carbons (Fsp3) is 0.118. The van der Waals surface area contributed by atoms with Crippen molar-refractivity contribution in [1.82, 2.24) is 15.4 Å². The van der Waals surface area contributed by atoms with Gasteiger partial charge >= 0.3 is 5.69 Å². The summed E-state index contributed by atoms with van der Waals surface area (Å²) in [7, 11) is 0. The molecule has 9 heteroatoms. The molecule has 3 N–H and O–H groups in total. The van der Waals surface area contributed by atoms with E-state index in [0.717, 1.165) is 10.8 Å². The number of hydrogen-bond donors (Lipinski definition) is 3. The average Bonchev–Trinajstić information content (AvgIpc) is 2.65. The van der Waals surface area contributed by atoms with E-state index in [2.05, 4.69) is 26.1 Å². The molecule has 0 unspecified atom stereocenters. The number of nitrogens with one attached hydrogen (secondary N) is 3. The molecular formula is C17H16N6O3. The molecule has 9 nitrogen and oxygen atoms in total. The number of nitrogens with zero attached hydrogens (tertiary/aromatic N) is 3. The van der Waals surface area contributed by atoms with Crippen molar-refractivity contribution in [2.24, 2.45) is 0 Å². The molecule has 1 aromatic heterocycles. The summed E-state index contributed by atoms with van der Waals surface area (Å²) in [5.41, 5.74) is 5.09. The highest BCUT2D eigenvalue weighted by atomic mass is 16.6. The molecule has 2 aromatic carbocycles. The Bertz CT molecular complexity index is 970. The Morgan fingerprint density at radius 1 is 1.12 bits per heavy atom. The van der Waals surface area contributed by atoms with Crippen molar-refractivity contribution >= 4 is 34.0 Å². The molecule has 3 aromatic rings. The SMILES string of the molecule is CCNc1ncnc(NNC(=O)c2cccc3ccccc23)c1[N+](=O)[O-]. The minimum absolute atomic E-state index is 0.0782. The Morgan fingerprint density at radius 2 is 1.85 bits per heavy atom. The molecule has 0 radical (unpaired) electrons. The summed E-state index contributed by atoms with van der Waals surface area (Å²) in [6.45, 7) is 2.25. The fourth-order valence-corrected chi connectivity index (χ4v) is 2.55. The van der Waals surface area contributed by atoms with Crippen LogP contribution in [-0.2, 0) is 0 Å². The number of nitro groups is 1. The third-order valence-corrected chi connectivity index (χ3v) is 3.68. The minimum atomic E-state index is -0.607. The van der Waals surface area contributed by atoms with Gasteiger partial charge in [-0.25, -0.2) is 9.97 Å². The molecule has 3 rings (SSSR count). The van der Waals surface area contributed by atoms with E-state index in [9.17, 15) is 14.9 Å². The second kappa shape index (κ2) is 7.43. The number of fused-ring (bicyclic) bond motifs is 1. The molecule has 1 amide bonds. The van der Waals surface area contributed by atoms with Crippen molar-refractivity contribution in [1.29, 1.82) is 0 Å². The first kappa shape index (κ1) is 17.1. The number of amides is 1. The molecular weight excluding hydrogens is 336 g/mol. The van der Waals surface area contributed by atoms with Crippen molar-refractivity contribution in [2.75, 3.05) is 17.3 Å². The van der Waals surface area contributed by atoms with Gasteiger partial charge in [0.05, 0.1) is 4.92 Å². The van der Waals surface area contributed by atoms with E-state index in [1.807, 2.05) is 30.3 Å². The lowest BCUT2D eigenvalue weighted by molar-refractivity contribution is -0.383. The maximum absolute atomic E-state index is 12.5. The number of aromatic nitrogens is 2. The first-order chi connectivity index (χ1) is 12.6. The van der Waals surface area contributed by atoms with E-state index in [1.54, 1.807) is 19.1 Å². The summed E-state index contributed by atoms with van der Waals surface area (Å²) in [6.07, 6.45) is 1.18. The zero-order valence-electron chi connectivity index (χ0n) is 13.9. The van der Waals surface area contributed by atoms with E-state index >= 15 is 0 Å². The van der Waals surface area contributed by atoms with Gasteiger partial charge in [0.2, 0.25) is 11.6 Å². The molecule has 0 saturated carbocycles. The van der Waals surface area contributed by atoms with E-state index < -0.39 is 10.8 Å². The van der Waals surface area contributed by atoms with Crippen LogP contribution >= 0.6 is 0 Å². The van der Waals surface area contributed by atoms with Crippen molar-refractivity contribution in [3.8, 4) is 0 Å². The van der Waals surface area contributed by atoms with E-state index in [1.165, 1.54) is 6.33 Å². The first-order valence-electron chi connectivity index (χ1n) is 7.89. The normalized spacial score (nSPS) is 10.3. The summed E-state index contributed by atoms with van der Waals surface area (Å²) >= 11 is 0. The van der Waals surface area contributed by atoms with E-state index in [-0.39, 0.29) is 17.3 Å². The monoisotopic (exact) mass is 352 g/mol. The molecule has 0 aliphatic heterocycles. The lowest BCUT2D eigenvalue weighted by Crippen LogP contribution is -2.30. The van der Waals surface area contributed by atoms with Gasteiger partial charge < -0.3 is 5.32 Å². The van der Waals surface area contributed by atoms with Gasteiger partial charge in [0.1, 0.15) is 6.33 Å². The molecule has 26 heavy (non-hydrogen) atoms. The standard InChI is InChI=1S/C17H16N6O3/c1-2-18-15-14(23(25)26)16(20-10-19-15)21-22-17(24)13-9-5-7-11-6-3-4-8-12(11)13/h3-10H,2H2,1H3,(H,22,24)(H2,18,19,20,21). The Balaban J connectivity index is 1.86. The van der Waals surface area contributed by atoms with Crippen molar-refractivity contribution < 1.29 is 9.72 Å². The van der Waals surface area contributed by atoms with Crippen LogP contribution in [0.1, 0.15) is 17.3 Å². The first-order valence-corrected chi connectivity index (χ1v) is 7.89. The summed E-state index contributed by atoms with van der Waals surface area (Å²) in [5, 5.41) is 15.8. The van der Waals surface area contributed by atoms with Crippen molar-refractivity contribution in [3.05, 3.63) is 64.5 Å². The number of hydrazine groups is 1. The van der Waals surface area contributed by atoms with Gasteiger partial charge in [-0.1, -0.05) is 36.4 Å². The molecule has 0 aliphatic rings. The van der Waals surface area contributed by atoms with Gasteiger partial charge in [-0.05, 0) is 23.8 Å². The number of carbonyl (C=O) groups excluding carboxylic acids is 1. The Hall–Kier alpha value is -3.75. The van der Waals surface area contributed by atoms with Crippen molar-refractivity contribution in [3.63, 3.8) is 0 Å². The molecule has 0 spiro atoms. The number of anilines is 2. The molecule has 1 heterocycles.